The molecule has 0 saturated heterocycles. The molecule has 0 radical (unpaired) electrons. The highest BCUT2D eigenvalue weighted by atomic mass is 16.4. The van der Waals surface area contributed by atoms with Crippen LogP contribution in [-0.4, -0.2) is 22.2 Å². The van der Waals surface area contributed by atoms with E-state index >= 15 is 0 Å². The molecule has 0 amide bonds. The third kappa shape index (κ3) is 6.22. The highest BCUT2D eigenvalue weighted by Crippen LogP contribution is 2.14. The molecule has 4 nitrogen and oxygen atoms in total. The summed E-state index contributed by atoms with van der Waals surface area (Å²) in [5.74, 6) is -1.65. The Labute approximate surface area is 83.2 Å². The lowest BCUT2D eigenvalue weighted by atomic mass is 10.0. The van der Waals surface area contributed by atoms with Crippen LogP contribution >= 0.6 is 0 Å². The normalized spacial score (nSPS) is 12.1. The maximum Gasteiger partial charge on any atom is 0.303 e. The average Bonchev–Trinajstić information content (AvgIpc) is 2.09. The minimum Gasteiger partial charge on any atom is -0.481 e. The lowest BCUT2D eigenvalue weighted by Gasteiger charge is -2.04. The molecule has 14 heavy (non-hydrogen) atoms. The van der Waals surface area contributed by atoms with Gasteiger partial charge in [-0.05, 0) is 26.7 Å². The second-order valence-electron chi connectivity index (χ2n) is 3.35. The van der Waals surface area contributed by atoms with Crippen LogP contribution in [0.2, 0.25) is 0 Å². The zero-order chi connectivity index (χ0) is 11.1. The van der Waals surface area contributed by atoms with Crippen molar-refractivity contribution in [3.8, 4) is 0 Å². The summed E-state index contributed by atoms with van der Waals surface area (Å²) in [6, 6.07) is 0. The fourth-order valence-electron chi connectivity index (χ4n) is 1.02. The summed E-state index contributed by atoms with van der Waals surface area (Å²) in [7, 11) is 0. The maximum atomic E-state index is 10.3. The predicted octanol–water partition coefficient (Wildman–Crippen LogP) is 2.05. The summed E-state index contributed by atoms with van der Waals surface area (Å²) in [5.41, 5.74) is 1.96. The number of aliphatic carboxylic acids is 2. The van der Waals surface area contributed by atoms with Crippen LogP contribution in [0.1, 0.15) is 39.5 Å². The molecule has 0 aromatic rings. The molecule has 0 aliphatic heterocycles. The van der Waals surface area contributed by atoms with Crippen LogP contribution in [0.4, 0.5) is 0 Å². The first-order chi connectivity index (χ1) is 6.43. The summed E-state index contributed by atoms with van der Waals surface area (Å²) in [6.07, 6.45) is 1.22. The smallest absolute Gasteiger partial charge is 0.303 e. The fourth-order valence-corrected chi connectivity index (χ4v) is 1.02. The van der Waals surface area contributed by atoms with Crippen LogP contribution in [0.15, 0.2) is 11.1 Å². The largest absolute Gasteiger partial charge is 0.481 e. The van der Waals surface area contributed by atoms with Crippen LogP contribution in [0.3, 0.4) is 0 Å². The molecule has 0 rings (SSSR count). The fraction of sp³-hybridized carbons (Fsp3) is 0.600. The van der Waals surface area contributed by atoms with E-state index in [-0.39, 0.29) is 12.8 Å². The molecule has 0 aromatic heterocycles. The predicted molar refractivity (Wildman–Crippen MR) is 52.1 cm³/mol. The number of allylic oxidation sites excluding steroid dienone is 2. The first kappa shape index (κ1) is 12.7. The molecule has 0 bridgehead atoms. The van der Waals surface area contributed by atoms with E-state index in [1.165, 1.54) is 0 Å². The summed E-state index contributed by atoms with van der Waals surface area (Å²) in [5, 5.41) is 16.9. The average molecular weight is 200 g/mol. The Morgan fingerprint density at radius 3 is 1.29 bits per heavy atom. The first-order valence-electron chi connectivity index (χ1n) is 4.52. The minimum absolute atomic E-state index is 0.107. The van der Waals surface area contributed by atoms with Gasteiger partial charge in [-0.25, -0.2) is 0 Å². The van der Waals surface area contributed by atoms with Gasteiger partial charge in [0.05, 0.1) is 0 Å². The number of carboxylic acid groups (broad SMARTS) is 2. The Kier molecular flexibility index (Phi) is 5.60. The van der Waals surface area contributed by atoms with Gasteiger partial charge >= 0.3 is 11.9 Å². The summed E-state index contributed by atoms with van der Waals surface area (Å²) in [4.78, 5) is 20.6. The third-order valence-electron chi connectivity index (χ3n) is 2.16. The van der Waals surface area contributed by atoms with Crippen LogP contribution in [0.5, 0.6) is 0 Å². The molecule has 0 aliphatic carbocycles. The molecular weight excluding hydrogens is 184 g/mol. The molecule has 0 atom stereocenters. The van der Waals surface area contributed by atoms with E-state index in [9.17, 15) is 9.59 Å². The SMILES string of the molecule is C/C(CCC(=O)O)=C(/C)CCC(=O)O. The van der Waals surface area contributed by atoms with Crippen LogP contribution in [0, 0.1) is 0 Å². The first-order valence-corrected chi connectivity index (χ1v) is 4.52. The molecule has 80 valence electrons. The molecule has 0 aliphatic rings. The van der Waals surface area contributed by atoms with Crippen molar-refractivity contribution < 1.29 is 19.8 Å². The van der Waals surface area contributed by atoms with Crippen molar-refractivity contribution in [2.45, 2.75) is 39.5 Å². The Balaban J connectivity index is 4.01. The monoisotopic (exact) mass is 200 g/mol. The highest BCUT2D eigenvalue weighted by Gasteiger charge is 2.03. The van der Waals surface area contributed by atoms with E-state index in [0.29, 0.717) is 12.8 Å². The van der Waals surface area contributed by atoms with E-state index in [1.807, 2.05) is 13.8 Å². The zero-order valence-corrected chi connectivity index (χ0v) is 8.54. The molecule has 4 heteroatoms. The Morgan fingerprint density at radius 2 is 1.07 bits per heavy atom. The number of hydrogen-bond donors (Lipinski definition) is 2. The molecule has 0 unspecified atom stereocenters. The van der Waals surface area contributed by atoms with Gasteiger partial charge < -0.3 is 10.2 Å². The highest BCUT2D eigenvalue weighted by molar-refractivity contribution is 5.67. The summed E-state index contributed by atoms with van der Waals surface area (Å²) in [6.45, 7) is 3.69. The number of hydrogen-bond acceptors (Lipinski definition) is 2. The molecule has 0 spiro atoms. The van der Waals surface area contributed by atoms with Crippen molar-refractivity contribution in [1.82, 2.24) is 0 Å². The van der Waals surface area contributed by atoms with Gasteiger partial charge in [0.15, 0.2) is 0 Å². The van der Waals surface area contributed by atoms with Crippen molar-refractivity contribution >= 4 is 11.9 Å². The van der Waals surface area contributed by atoms with Gasteiger partial charge in [0.2, 0.25) is 0 Å². The van der Waals surface area contributed by atoms with Crippen molar-refractivity contribution in [3.05, 3.63) is 11.1 Å². The lowest BCUT2D eigenvalue weighted by molar-refractivity contribution is -0.138. The van der Waals surface area contributed by atoms with E-state index in [4.69, 9.17) is 10.2 Å². The number of carboxylic acids is 2. The quantitative estimate of drug-likeness (QED) is 0.643. The Bertz CT molecular complexity index is 227. The van der Waals surface area contributed by atoms with Crippen molar-refractivity contribution in [2.24, 2.45) is 0 Å². The van der Waals surface area contributed by atoms with E-state index < -0.39 is 11.9 Å². The molecule has 2 N–H and O–H groups in total. The Hall–Kier alpha value is -1.32. The zero-order valence-electron chi connectivity index (χ0n) is 8.54. The molecule has 0 aromatic carbocycles. The van der Waals surface area contributed by atoms with Crippen molar-refractivity contribution in [2.75, 3.05) is 0 Å². The molecule has 0 saturated carbocycles. The van der Waals surface area contributed by atoms with Gasteiger partial charge in [-0.1, -0.05) is 11.1 Å². The van der Waals surface area contributed by atoms with Crippen molar-refractivity contribution in [3.63, 3.8) is 0 Å². The molecule has 0 heterocycles. The van der Waals surface area contributed by atoms with Crippen molar-refractivity contribution in [1.29, 1.82) is 0 Å². The standard InChI is InChI=1S/C10H16O4/c1-7(3-5-9(11)12)8(2)4-6-10(13)14/h3-6H2,1-2H3,(H,11,12)(H,13,14)/b8-7+. The second kappa shape index (κ2) is 6.18. The van der Waals surface area contributed by atoms with E-state index in [1.54, 1.807) is 0 Å². The lowest BCUT2D eigenvalue weighted by Crippen LogP contribution is -1.98. The molecular formula is C10H16O4. The van der Waals surface area contributed by atoms with Gasteiger partial charge in [0.25, 0.3) is 0 Å². The summed E-state index contributed by atoms with van der Waals surface area (Å²) < 4.78 is 0. The minimum atomic E-state index is -0.824. The van der Waals surface area contributed by atoms with E-state index in [0.717, 1.165) is 11.1 Å². The van der Waals surface area contributed by atoms with Crippen LogP contribution < -0.4 is 0 Å². The second-order valence-corrected chi connectivity index (χ2v) is 3.35. The topological polar surface area (TPSA) is 74.6 Å². The van der Waals surface area contributed by atoms with Gasteiger partial charge in [0, 0.05) is 12.8 Å². The van der Waals surface area contributed by atoms with Gasteiger partial charge in [0.1, 0.15) is 0 Å². The number of carbonyl (C=O) groups is 2. The van der Waals surface area contributed by atoms with Crippen LogP contribution in [-0.2, 0) is 9.59 Å². The van der Waals surface area contributed by atoms with Gasteiger partial charge in [-0.15, -0.1) is 0 Å². The maximum absolute atomic E-state index is 10.3. The van der Waals surface area contributed by atoms with Gasteiger partial charge in [-0.2, -0.15) is 0 Å². The van der Waals surface area contributed by atoms with Crippen LogP contribution in [0.25, 0.3) is 0 Å². The Morgan fingerprint density at radius 1 is 0.786 bits per heavy atom. The molecule has 0 fully saturated rings. The summed E-state index contributed by atoms with van der Waals surface area (Å²) >= 11 is 0. The number of rotatable bonds is 6. The third-order valence-corrected chi connectivity index (χ3v) is 2.16. The van der Waals surface area contributed by atoms with E-state index in [2.05, 4.69) is 0 Å². The van der Waals surface area contributed by atoms with Gasteiger partial charge in [-0.3, -0.25) is 9.59 Å².